The highest BCUT2D eigenvalue weighted by molar-refractivity contribution is 7.15. The monoisotopic (exact) mass is 356 g/mol. The molecule has 25 heavy (non-hydrogen) atoms. The van der Waals surface area contributed by atoms with Crippen molar-refractivity contribution >= 4 is 33.3 Å². The molecule has 0 saturated carbocycles. The minimum atomic E-state index is -0.605. The lowest BCUT2D eigenvalue weighted by Gasteiger charge is -2.20. The summed E-state index contributed by atoms with van der Waals surface area (Å²) < 4.78 is 1.57. The third-order valence-electron chi connectivity index (χ3n) is 4.17. The van der Waals surface area contributed by atoms with Crippen LogP contribution in [-0.2, 0) is 11.2 Å². The van der Waals surface area contributed by atoms with Crippen molar-refractivity contribution in [3.05, 3.63) is 51.3 Å². The van der Waals surface area contributed by atoms with E-state index in [0.29, 0.717) is 11.6 Å². The number of amides is 1. The minimum absolute atomic E-state index is 0.176. The molecule has 1 N–H and O–H groups in total. The highest BCUT2D eigenvalue weighted by Gasteiger charge is 2.23. The number of aryl methyl sites for hydroxylation is 2. The number of benzene rings is 1. The van der Waals surface area contributed by atoms with E-state index in [9.17, 15) is 9.59 Å². The molecule has 3 aromatic rings. The van der Waals surface area contributed by atoms with Crippen LogP contribution < -0.4 is 10.9 Å². The number of fused-ring (bicyclic) bond motifs is 1. The van der Waals surface area contributed by atoms with Gasteiger partial charge in [0.05, 0.1) is 5.52 Å². The average Bonchev–Trinajstić information content (AvgIpc) is 3.06. The quantitative estimate of drug-likeness (QED) is 0.761. The Kier molecular flexibility index (Phi) is 4.94. The molecule has 3 rings (SSSR count). The maximum absolute atomic E-state index is 12.8. The van der Waals surface area contributed by atoms with Gasteiger partial charge in [0.1, 0.15) is 11.0 Å². The van der Waals surface area contributed by atoms with Gasteiger partial charge in [0.15, 0.2) is 0 Å². The molecule has 0 fully saturated rings. The van der Waals surface area contributed by atoms with Crippen LogP contribution in [0.1, 0.15) is 36.9 Å². The smallest absolute Gasteiger partial charge is 0.252 e. The summed E-state index contributed by atoms with van der Waals surface area (Å²) in [6.45, 7) is 5.78. The van der Waals surface area contributed by atoms with Gasteiger partial charge >= 0.3 is 0 Å². The van der Waals surface area contributed by atoms with Crippen LogP contribution >= 0.6 is 11.3 Å². The summed E-state index contributed by atoms with van der Waals surface area (Å²) in [5.74, 6) is -0.252. The first kappa shape index (κ1) is 17.3. The normalized spacial score (nSPS) is 12.3. The van der Waals surface area contributed by atoms with E-state index in [4.69, 9.17) is 0 Å². The van der Waals surface area contributed by atoms with Gasteiger partial charge in [-0.05, 0) is 31.4 Å². The second-order valence-corrected chi connectivity index (χ2v) is 6.88. The number of nitrogens with one attached hydrogen (secondary N) is 1. The summed E-state index contributed by atoms with van der Waals surface area (Å²) in [6, 6.07) is 8.62. The molecule has 130 valence electrons. The Morgan fingerprint density at radius 3 is 2.72 bits per heavy atom. The molecule has 7 heteroatoms. The summed E-state index contributed by atoms with van der Waals surface area (Å²) in [6.07, 6.45) is 1.27. The molecule has 1 atom stereocenters. The van der Waals surface area contributed by atoms with Crippen molar-refractivity contribution in [2.24, 2.45) is 0 Å². The van der Waals surface area contributed by atoms with Crippen LogP contribution in [0.15, 0.2) is 35.1 Å². The zero-order valence-corrected chi connectivity index (χ0v) is 15.3. The lowest BCUT2D eigenvalue weighted by Crippen LogP contribution is -2.33. The number of aromatic nitrogens is 3. The number of rotatable bonds is 5. The number of hydrogen-bond acceptors (Lipinski definition) is 5. The molecular weight excluding hydrogens is 336 g/mol. The fourth-order valence-electron chi connectivity index (χ4n) is 2.91. The predicted molar refractivity (Wildman–Crippen MR) is 100 cm³/mol. The summed E-state index contributed by atoms with van der Waals surface area (Å²) >= 11 is 1.35. The van der Waals surface area contributed by atoms with Crippen LogP contribution in [0.2, 0.25) is 0 Å². The maximum atomic E-state index is 12.8. The highest BCUT2D eigenvalue weighted by atomic mass is 32.1. The van der Waals surface area contributed by atoms with Gasteiger partial charge in [0.25, 0.3) is 5.56 Å². The number of pyridine rings is 1. The number of nitrogens with zero attached hydrogens (tertiary/aromatic N) is 3. The van der Waals surface area contributed by atoms with Crippen molar-refractivity contribution in [1.82, 2.24) is 14.8 Å². The first-order chi connectivity index (χ1) is 12.0. The molecule has 0 bridgehead atoms. The van der Waals surface area contributed by atoms with E-state index < -0.39 is 6.04 Å². The van der Waals surface area contributed by atoms with E-state index in [0.717, 1.165) is 27.9 Å². The molecule has 2 aromatic heterocycles. The number of para-hydroxylation sites is 1. The van der Waals surface area contributed by atoms with Gasteiger partial charge in [-0.1, -0.05) is 43.4 Å². The zero-order valence-electron chi connectivity index (χ0n) is 14.4. The average molecular weight is 356 g/mol. The lowest BCUT2D eigenvalue weighted by molar-refractivity contribution is -0.119. The van der Waals surface area contributed by atoms with Crippen molar-refractivity contribution in [2.45, 2.75) is 39.7 Å². The largest absolute Gasteiger partial charge is 0.299 e. The van der Waals surface area contributed by atoms with Crippen LogP contribution in [0.3, 0.4) is 0 Å². The number of carbonyl (C=O) groups is 1. The fraction of sp³-hybridized carbons (Fsp3) is 0.333. The molecule has 0 saturated heterocycles. The van der Waals surface area contributed by atoms with Gasteiger partial charge in [-0.2, -0.15) is 0 Å². The first-order valence-electron chi connectivity index (χ1n) is 8.29. The number of hydrogen-bond donors (Lipinski definition) is 1. The molecule has 0 aliphatic carbocycles. The zero-order chi connectivity index (χ0) is 18.0. The molecular formula is C18H20N4O2S. The van der Waals surface area contributed by atoms with Gasteiger partial charge < -0.3 is 0 Å². The third-order valence-corrected chi connectivity index (χ3v) is 5.15. The van der Waals surface area contributed by atoms with E-state index in [1.807, 2.05) is 45.0 Å². The molecule has 0 radical (unpaired) electrons. The van der Waals surface area contributed by atoms with E-state index in [2.05, 4.69) is 15.5 Å². The summed E-state index contributed by atoms with van der Waals surface area (Å²) in [5.41, 5.74) is 1.49. The van der Waals surface area contributed by atoms with E-state index >= 15 is 0 Å². The predicted octanol–water partition coefficient (Wildman–Crippen LogP) is 3.31. The summed E-state index contributed by atoms with van der Waals surface area (Å²) in [4.78, 5) is 25.4. The van der Waals surface area contributed by atoms with E-state index in [-0.39, 0.29) is 11.5 Å². The maximum Gasteiger partial charge on any atom is 0.252 e. The van der Waals surface area contributed by atoms with Crippen molar-refractivity contribution in [3.8, 4) is 0 Å². The summed E-state index contributed by atoms with van der Waals surface area (Å²) in [5, 5.41) is 13.1. The topological polar surface area (TPSA) is 76.9 Å². The molecule has 1 aromatic carbocycles. The molecule has 2 heterocycles. The van der Waals surface area contributed by atoms with Crippen LogP contribution in [-0.4, -0.2) is 20.7 Å². The number of anilines is 1. The van der Waals surface area contributed by atoms with Crippen molar-refractivity contribution in [1.29, 1.82) is 0 Å². The van der Waals surface area contributed by atoms with Gasteiger partial charge in [-0.25, -0.2) is 0 Å². The van der Waals surface area contributed by atoms with E-state index in [1.54, 1.807) is 10.6 Å². The molecule has 1 amide bonds. The highest BCUT2D eigenvalue weighted by Crippen LogP contribution is 2.23. The van der Waals surface area contributed by atoms with Crippen LogP contribution in [0, 0.1) is 6.92 Å². The van der Waals surface area contributed by atoms with Gasteiger partial charge in [-0.15, -0.1) is 10.2 Å². The summed E-state index contributed by atoms with van der Waals surface area (Å²) in [7, 11) is 0. The first-order valence-corrected chi connectivity index (χ1v) is 9.11. The van der Waals surface area contributed by atoms with Crippen LogP contribution in [0.25, 0.3) is 10.9 Å². The second-order valence-electron chi connectivity index (χ2n) is 5.82. The van der Waals surface area contributed by atoms with Gasteiger partial charge in [0, 0.05) is 11.5 Å². The van der Waals surface area contributed by atoms with E-state index in [1.165, 1.54) is 11.3 Å². The standard InChI is InChI=1S/C18H20N4O2S/c1-4-13(17(24)19-18-21-20-15(5-2)25-18)22-14-9-7-6-8-12(14)11(3)10-16(22)23/h6-10,13H,4-5H2,1-3H3,(H,19,21,24). The van der Waals surface area contributed by atoms with Gasteiger partial charge in [-0.3, -0.25) is 19.5 Å². The molecule has 6 nitrogen and oxygen atoms in total. The van der Waals surface area contributed by atoms with Crippen molar-refractivity contribution in [3.63, 3.8) is 0 Å². The van der Waals surface area contributed by atoms with Crippen LogP contribution in [0.4, 0.5) is 5.13 Å². The van der Waals surface area contributed by atoms with Gasteiger partial charge in [0.2, 0.25) is 11.0 Å². The Morgan fingerprint density at radius 2 is 2.04 bits per heavy atom. The van der Waals surface area contributed by atoms with Crippen molar-refractivity contribution in [2.75, 3.05) is 5.32 Å². The fourth-order valence-corrected chi connectivity index (χ4v) is 3.59. The Morgan fingerprint density at radius 1 is 1.28 bits per heavy atom. The molecule has 0 aliphatic heterocycles. The molecule has 0 spiro atoms. The molecule has 1 unspecified atom stereocenters. The van der Waals surface area contributed by atoms with Crippen LogP contribution in [0.5, 0.6) is 0 Å². The Bertz CT molecular complexity index is 977. The molecule has 0 aliphatic rings. The Hall–Kier alpha value is -2.54. The van der Waals surface area contributed by atoms with Crippen molar-refractivity contribution < 1.29 is 4.79 Å². The lowest BCUT2D eigenvalue weighted by atomic mass is 10.1. The Labute approximate surface area is 149 Å². The SMILES string of the molecule is CCc1nnc(NC(=O)C(CC)n2c(=O)cc(C)c3ccccc32)s1. The Balaban J connectivity index is 2.02. The minimum Gasteiger partial charge on any atom is -0.299 e. The number of carbonyl (C=O) groups excluding carboxylic acids is 1. The third kappa shape index (κ3) is 3.32. The second kappa shape index (κ2) is 7.14.